The molecule has 1 fully saturated rings. The number of anilines is 1. The van der Waals surface area contributed by atoms with Crippen LogP contribution in [0.1, 0.15) is 44.0 Å². The summed E-state index contributed by atoms with van der Waals surface area (Å²) < 4.78 is 20.1. The predicted molar refractivity (Wildman–Crippen MR) is 114 cm³/mol. The summed E-state index contributed by atoms with van der Waals surface area (Å²) in [6.07, 6.45) is 5.03. The van der Waals surface area contributed by atoms with Gasteiger partial charge in [-0.15, -0.1) is 0 Å². The minimum absolute atomic E-state index is 0.0157. The molecule has 1 aromatic heterocycles. The lowest BCUT2D eigenvalue weighted by Crippen LogP contribution is -2.37. The molecule has 0 aliphatic carbocycles. The SMILES string of the molecule is CCN(C(=O)c1cc(F)ccc1Oc1cncnc1N1CCC(CN)CC1)C(C)C. The van der Waals surface area contributed by atoms with Crippen molar-refractivity contribution >= 4 is 11.7 Å². The minimum atomic E-state index is -0.487. The van der Waals surface area contributed by atoms with Gasteiger partial charge in [-0.1, -0.05) is 0 Å². The Bertz CT molecular complexity index is 868. The molecule has 7 nitrogen and oxygen atoms in total. The van der Waals surface area contributed by atoms with Crippen molar-refractivity contribution in [3.63, 3.8) is 0 Å². The van der Waals surface area contributed by atoms with E-state index in [4.69, 9.17) is 10.5 Å². The number of hydrogen-bond acceptors (Lipinski definition) is 6. The smallest absolute Gasteiger partial charge is 0.257 e. The fraction of sp³-hybridized carbons (Fsp3) is 0.500. The fourth-order valence-corrected chi connectivity index (χ4v) is 3.78. The summed E-state index contributed by atoms with van der Waals surface area (Å²) in [6, 6.07) is 3.97. The zero-order chi connectivity index (χ0) is 21.7. The van der Waals surface area contributed by atoms with E-state index in [9.17, 15) is 9.18 Å². The van der Waals surface area contributed by atoms with Crippen molar-refractivity contribution in [3.05, 3.63) is 42.1 Å². The fourth-order valence-electron chi connectivity index (χ4n) is 3.78. The highest BCUT2D eigenvalue weighted by Crippen LogP contribution is 2.34. The number of rotatable bonds is 7. The Morgan fingerprint density at radius 3 is 2.70 bits per heavy atom. The van der Waals surface area contributed by atoms with Gasteiger partial charge in [-0.3, -0.25) is 4.79 Å². The van der Waals surface area contributed by atoms with Gasteiger partial charge in [-0.05, 0) is 64.3 Å². The molecule has 1 saturated heterocycles. The van der Waals surface area contributed by atoms with Gasteiger partial charge in [0.25, 0.3) is 5.91 Å². The molecule has 0 radical (unpaired) electrons. The third-order valence-corrected chi connectivity index (χ3v) is 5.52. The second-order valence-corrected chi connectivity index (χ2v) is 7.80. The van der Waals surface area contributed by atoms with Gasteiger partial charge in [0.15, 0.2) is 11.6 Å². The molecule has 2 aromatic rings. The van der Waals surface area contributed by atoms with E-state index < -0.39 is 5.82 Å². The summed E-state index contributed by atoms with van der Waals surface area (Å²) in [5, 5.41) is 0. The number of carbonyl (C=O) groups is 1. The topological polar surface area (TPSA) is 84.6 Å². The summed E-state index contributed by atoms with van der Waals surface area (Å²) in [4.78, 5) is 25.4. The van der Waals surface area contributed by atoms with Crippen LogP contribution >= 0.6 is 0 Å². The summed E-state index contributed by atoms with van der Waals surface area (Å²) >= 11 is 0. The van der Waals surface area contributed by atoms with Crippen molar-refractivity contribution in [2.75, 3.05) is 31.1 Å². The molecule has 0 bridgehead atoms. The van der Waals surface area contributed by atoms with Crippen LogP contribution in [-0.4, -0.2) is 53.0 Å². The predicted octanol–water partition coefficient (Wildman–Crippen LogP) is 3.45. The first-order valence-corrected chi connectivity index (χ1v) is 10.5. The highest BCUT2D eigenvalue weighted by molar-refractivity contribution is 5.97. The first-order chi connectivity index (χ1) is 14.4. The lowest BCUT2D eigenvalue weighted by atomic mass is 9.97. The number of amides is 1. The molecule has 1 aliphatic heterocycles. The van der Waals surface area contributed by atoms with Gasteiger partial charge in [0, 0.05) is 25.7 Å². The Kier molecular flexibility index (Phi) is 7.20. The zero-order valence-electron chi connectivity index (χ0n) is 17.8. The van der Waals surface area contributed by atoms with E-state index >= 15 is 0 Å². The number of halogens is 1. The number of nitrogens with zero attached hydrogens (tertiary/aromatic N) is 4. The van der Waals surface area contributed by atoms with Crippen molar-refractivity contribution in [1.29, 1.82) is 0 Å². The van der Waals surface area contributed by atoms with Gasteiger partial charge in [0.2, 0.25) is 0 Å². The largest absolute Gasteiger partial charge is 0.451 e. The molecule has 0 atom stereocenters. The highest BCUT2D eigenvalue weighted by atomic mass is 19.1. The Hall–Kier alpha value is -2.74. The Balaban J connectivity index is 1.90. The molecule has 3 rings (SSSR count). The maximum absolute atomic E-state index is 14.0. The van der Waals surface area contributed by atoms with Crippen LogP contribution in [0.3, 0.4) is 0 Å². The Morgan fingerprint density at radius 1 is 1.33 bits per heavy atom. The van der Waals surface area contributed by atoms with Gasteiger partial charge in [-0.2, -0.15) is 0 Å². The van der Waals surface area contributed by atoms with Gasteiger partial charge >= 0.3 is 0 Å². The van der Waals surface area contributed by atoms with E-state index in [0.717, 1.165) is 25.9 Å². The van der Waals surface area contributed by atoms with Crippen LogP contribution in [0.5, 0.6) is 11.5 Å². The van der Waals surface area contributed by atoms with Crippen molar-refractivity contribution < 1.29 is 13.9 Å². The van der Waals surface area contributed by atoms with E-state index in [-0.39, 0.29) is 23.3 Å². The van der Waals surface area contributed by atoms with Crippen molar-refractivity contribution in [3.8, 4) is 11.5 Å². The molecule has 8 heteroatoms. The van der Waals surface area contributed by atoms with E-state index in [1.54, 1.807) is 11.1 Å². The van der Waals surface area contributed by atoms with Crippen LogP contribution in [0.2, 0.25) is 0 Å². The number of aromatic nitrogens is 2. The molecule has 2 heterocycles. The summed E-state index contributed by atoms with van der Waals surface area (Å²) in [6.45, 7) is 8.59. The Morgan fingerprint density at radius 2 is 2.07 bits per heavy atom. The van der Waals surface area contributed by atoms with E-state index in [1.807, 2.05) is 20.8 Å². The van der Waals surface area contributed by atoms with Gasteiger partial charge in [0.05, 0.1) is 11.8 Å². The lowest BCUT2D eigenvalue weighted by Gasteiger charge is -2.33. The number of benzene rings is 1. The molecule has 0 spiro atoms. The average molecular weight is 416 g/mol. The molecular weight excluding hydrogens is 385 g/mol. The summed E-state index contributed by atoms with van der Waals surface area (Å²) in [5.41, 5.74) is 5.98. The lowest BCUT2D eigenvalue weighted by molar-refractivity contribution is 0.0713. The van der Waals surface area contributed by atoms with Crippen LogP contribution in [0, 0.1) is 11.7 Å². The van der Waals surface area contributed by atoms with Crippen molar-refractivity contribution in [2.45, 2.75) is 39.7 Å². The third-order valence-electron chi connectivity index (χ3n) is 5.52. The number of piperidine rings is 1. The summed E-state index contributed by atoms with van der Waals surface area (Å²) in [5.74, 6) is 1.15. The molecule has 0 saturated carbocycles. The maximum atomic E-state index is 14.0. The number of ether oxygens (including phenoxy) is 1. The van der Waals surface area contributed by atoms with Crippen molar-refractivity contribution in [2.24, 2.45) is 11.7 Å². The third kappa shape index (κ3) is 4.87. The van der Waals surface area contributed by atoms with Crippen molar-refractivity contribution in [1.82, 2.24) is 14.9 Å². The molecule has 30 heavy (non-hydrogen) atoms. The highest BCUT2D eigenvalue weighted by Gasteiger charge is 2.25. The van der Waals surface area contributed by atoms with Crippen LogP contribution in [-0.2, 0) is 0 Å². The van der Waals surface area contributed by atoms with Gasteiger partial charge < -0.3 is 20.3 Å². The monoisotopic (exact) mass is 415 g/mol. The van der Waals surface area contributed by atoms with Crippen LogP contribution in [0.15, 0.2) is 30.7 Å². The van der Waals surface area contributed by atoms with E-state index in [1.165, 1.54) is 24.5 Å². The second-order valence-electron chi connectivity index (χ2n) is 7.80. The van der Waals surface area contributed by atoms with Gasteiger partial charge in [-0.25, -0.2) is 14.4 Å². The molecule has 1 amide bonds. The molecule has 1 aliphatic rings. The average Bonchev–Trinajstić information content (AvgIpc) is 2.75. The molecule has 2 N–H and O–H groups in total. The van der Waals surface area contributed by atoms with Gasteiger partial charge in [0.1, 0.15) is 17.9 Å². The maximum Gasteiger partial charge on any atom is 0.257 e. The molecule has 162 valence electrons. The number of hydrogen-bond donors (Lipinski definition) is 1. The first kappa shape index (κ1) is 22.0. The molecule has 1 aromatic carbocycles. The van der Waals surface area contributed by atoms with E-state index in [0.29, 0.717) is 30.6 Å². The molecular formula is C22H30FN5O2. The van der Waals surface area contributed by atoms with Crippen LogP contribution in [0.25, 0.3) is 0 Å². The summed E-state index contributed by atoms with van der Waals surface area (Å²) in [7, 11) is 0. The van der Waals surface area contributed by atoms with Crippen LogP contribution in [0.4, 0.5) is 10.2 Å². The standard InChI is InChI=1S/C22H30FN5O2/c1-4-28(15(2)3)22(29)18-11-17(23)5-6-19(18)30-20-13-25-14-26-21(20)27-9-7-16(12-24)8-10-27/h5-6,11,13-16H,4,7-10,12,24H2,1-3H3. The minimum Gasteiger partial charge on any atom is -0.451 e. The zero-order valence-corrected chi connectivity index (χ0v) is 17.8. The number of nitrogens with two attached hydrogens (primary N) is 1. The normalized spacial score (nSPS) is 14.8. The second kappa shape index (κ2) is 9.84. The molecule has 0 unspecified atom stereocenters. The van der Waals surface area contributed by atoms with Crippen LogP contribution < -0.4 is 15.4 Å². The van der Waals surface area contributed by atoms with E-state index in [2.05, 4.69) is 14.9 Å². The Labute approximate surface area is 177 Å². The first-order valence-electron chi connectivity index (χ1n) is 10.5. The number of carbonyl (C=O) groups excluding carboxylic acids is 1. The quantitative estimate of drug-likeness (QED) is 0.746.